The summed E-state index contributed by atoms with van der Waals surface area (Å²) in [7, 11) is 0. The maximum absolute atomic E-state index is 15.2. The normalized spacial score (nSPS) is 17.2. The van der Waals surface area contributed by atoms with Gasteiger partial charge in [0.05, 0.1) is 11.7 Å². The molecule has 0 spiro atoms. The SMILES string of the molecule is CC(=O)N1CCC(Oc2c(F)cc(N3CCCC3c3csc(NC(=O)c4cccn4Cc4ccnc(F)c4)n3)cc2F)CC1. The van der Waals surface area contributed by atoms with Gasteiger partial charge in [-0.15, -0.1) is 11.3 Å². The predicted octanol–water partition coefficient (Wildman–Crippen LogP) is 5.79. The van der Waals surface area contributed by atoms with E-state index in [1.165, 1.54) is 42.7 Å². The van der Waals surface area contributed by atoms with Crippen molar-refractivity contribution in [3.05, 3.63) is 88.7 Å². The van der Waals surface area contributed by atoms with E-state index in [0.29, 0.717) is 66.8 Å². The maximum Gasteiger partial charge on any atom is 0.274 e. The van der Waals surface area contributed by atoms with Gasteiger partial charge in [-0.05, 0) is 42.7 Å². The van der Waals surface area contributed by atoms with Gasteiger partial charge in [0.25, 0.3) is 5.91 Å². The minimum absolute atomic E-state index is 0.0223. The fourth-order valence-corrected chi connectivity index (χ4v) is 6.57. The molecular weight excluding hydrogens is 593 g/mol. The Balaban J connectivity index is 1.12. The molecule has 0 saturated carbocycles. The van der Waals surface area contributed by atoms with Crippen LogP contribution in [0.5, 0.6) is 5.75 Å². The highest BCUT2D eigenvalue weighted by molar-refractivity contribution is 7.14. The summed E-state index contributed by atoms with van der Waals surface area (Å²) in [6, 6.07) is 8.78. The Hall–Kier alpha value is -4.39. The molecule has 1 N–H and O–H groups in total. The summed E-state index contributed by atoms with van der Waals surface area (Å²) in [5.74, 6) is -2.92. The molecule has 1 aromatic carbocycles. The molecule has 2 fully saturated rings. The summed E-state index contributed by atoms with van der Waals surface area (Å²) in [6.45, 7) is 3.38. The standard InChI is InChI=1S/C31H31F3N6O3S/c1-19(41)38-12-7-22(8-13-38)43-29-23(32)15-21(16-24(29)33)40-11-3-4-26(40)25-18-44-31(36-25)37-30(42)27-5-2-10-39(27)17-20-6-9-35-28(34)14-20/h2,5-6,9-10,14-16,18,22,26H,3-4,7-8,11-13,17H2,1H3,(H,36,37,42). The lowest BCUT2D eigenvalue weighted by Gasteiger charge is -2.32. The van der Waals surface area contributed by atoms with Gasteiger partial charge in [0.15, 0.2) is 22.5 Å². The summed E-state index contributed by atoms with van der Waals surface area (Å²) in [4.78, 5) is 36.5. The number of halogens is 3. The number of pyridine rings is 1. The highest BCUT2D eigenvalue weighted by atomic mass is 32.1. The average Bonchev–Trinajstić information content (AvgIpc) is 3.76. The summed E-state index contributed by atoms with van der Waals surface area (Å²) >= 11 is 1.27. The zero-order chi connectivity index (χ0) is 30.8. The van der Waals surface area contributed by atoms with Gasteiger partial charge >= 0.3 is 0 Å². The van der Waals surface area contributed by atoms with Crippen LogP contribution in [-0.2, 0) is 11.3 Å². The molecule has 0 aliphatic carbocycles. The second-order valence-corrected chi connectivity index (χ2v) is 11.8. The van der Waals surface area contributed by atoms with Crippen LogP contribution < -0.4 is 15.0 Å². The smallest absolute Gasteiger partial charge is 0.274 e. The highest BCUT2D eigenvalue weighted by Crippen LogP contribution is 2.39. The Morgan fingerprint density at radius 3 is 2.57 bits per heavy atom. The van der Waals surface area contributed by atoms with E-state index in [1.54, 1.807) is 33.9 Å². The Bertz CT molecular complexity index is 1650. The number of nitrogens with zero attached hydrogens (tertiary/aromatic N) is 5. The van der Waals surface area contributed by atoms with Crippen molar-refractivity contribution in [2.45, 2.75) is 51.3 Å². The Morgan fingerprint density at radius 2 is 1.84 bits per heavy atom. The predicted molar refractivity (Wildman–Crippen MR) is 159 cm³/mol. The van der Waals surface area contributed by atoms with Crippen molar-refractivity contribution in [1.82, 2.24) is 19.4 Å². The second kappa shape index (κ2) is 12.7. The molecule has 2 aliphatic rings. The minimum Gasteiger partial charge on any atom is -0.484 e. The number of nitrogens with one attached hydrogen (secondary N) is 1. The Kier molecular flexibility index (Phi) is 8.56. The van der Waals surface area contributed by atoms with E-state index in [4.69, 9.17) is 4.74 Å². The van der Waals surface area contributed by atoms with Crippen molar-refractivity contribution in [2.24, 2.45) is 0 Å². The number of piperidine rings is 1. The van der Waals surface area contributed by atoms with Crippen LogP contribution >= 0.6 is 11.3 Å². The van der Waals surface area contributed by atoms with Crippen LogP contribution in [0, 0.1) is 17.6 Å². The first-order chi connectivity index (χ1) is 21.2. The molecule has 0 radical (unpaired) electrons. The molecular formula is C31H31F3N6O3S. The molecule has 2 aliphatic heterocycles. The molecule has 2 amide bonds. The third-order valence-corrected chi connectivity index (χ3v) is 8.81. The second-order valence-electron chi connectivity index (χ2n) is 11.0. The fourth-order valence-electron chi connectivity index (χ4n) is 5.82. The van der Waals surface area contributed by atoms with E-state index < -0.39 is 23.3 Å². The van der Waals surface area contributed by atoms with Crippen molar-refractivity contribution in [2.75, 3.05) is 29.9 Å². The lowest BCUT2D eigenvalue weighted by atomic mass is 10.1. The Labute approximate surface area is 256 Å². The number of hydrogen-bond acceptors (Lipinski definition) is 7. The number of thiazole rings is 1. The van der Waals surface area contributed by atoms with Gasteiger partial charge in [-0.25, -0.2) is 18.7 Å². The van der Waals surface area contributed by atoms with Gasteiger partial charge in [0.2, 0.25) is 11.9 Å². The van der Waals surface area contributed by atoms with Crippen LogP contribution in [-0.4, -0.2) is 57.0 Å². The highest BCUT2D eigenvalue weighted by Gasteiger charge is 2.31. The van der Waals surface area contributed by atoms with E-state index in [-0.39, 0.29) is 24.0 Å². The summed E-state index contributed by atoms with van der Waals surface area (Å²) in [5.41, 5.74) is 2.15. The van der Waals surface area contributed by atoms with Gasteiger partial charge in [0.1, 0.15) is 11.8 Å². The number of aromatic nitrogens is 3. The third-order valence-electron chi connectivity index (χ3n) is 8.03. The number of hydrogen-bond donors (Lipinski definition) is 1. The van der Waals surface area contributed by atoms with Crippen LogP contribution in [0.3, 0.4) is 0 Å². The molecule has 1 unspecified atom stereocenters. The van der Waals surface area contributed by atoms with Crippen LogP contribution in [0.1, 0.15) is 60.4 Å². The molecule has 4 aromatic rings. The molecule has 13 heteroatoms. The lowest BCUT2D eigenvalue weighted by Crippen LogP contribution is -2.40. The van der Waals surface area contributed by atoms with Crippen molar-refractivity contribution in [3.63, 3.8) is 0 Å². The first-order valence-corrected chi connectivity index (χ1v) is 15.3. The van der Waals surface area contributed by atoms with Gasteiger partial charge < -0.3 is 19.1 Å². The quantitative estimate of drug-likeness (QED) is 0.250. The molecule has 44 heavy (non-hydrogen) atoms. The van der Waals surface area contributed by atoms with Gasteiger partial charge in [-0.2, -0.15) is 4.39 Å². The number of likely N-dealkylation sites (tertiary alicyclic amines) is 1. The summed E-state index contributed by atoms with van der Waals surface area (Å²) in [5, 5.41) is 5.08. The van der Waals surface area contributed by atoms with E-state index in [1.807, 2.05) is 10.3 Å². The number of rotatable bonds is 8. The molecule has 1 atom stereocenters. The number of ether oxygens (including phenoxy) is 1. The maximum atomic E-state index is 15.2. The van der Waals surface area contributed by atoms with E-state index in [2.05, 4.69) is 15.3 Å². The van der Waals surface area contributed by atoms with E-state index in [9.17, 15) is 14.0 Å². The molecule has 6 rings (SSSR count). The monoisotopic (exact) mass is 624 g/mol. The number of carbonyl (C=O) groups excluding carboxylic acids is 2. The van der Waals surface area contributed by atoms with Crippen LogP contribution in [0.4, 0.5) is 24.0 Å². The average molecular weight is 625 g/mol. The topological polar surface area (TPSA) is 92.6 Å². The minimum atomic E-state index is -0.775. The van der Waals surface area contributed by atoms with Crippen molar-refractivity contribution in [3.8, 4) is 5.75 Å². The van der Waals surface area contributed by atoms with Gasteiger partial charge in [-0.3, -0.25) is 14.9 Å². The van der Waals surface area contributed by atoms with Crippen LogP contribution in [0.2, 0.25) is 0 Å². The zero-order valence-corrected chi connectivity index (χ0v) is 24.8. The van der Waals surface area contributed by atoms with Gasteiger partial charge in [-0.1, -0.05) is 0 Å². The third kappa shape index (κ3) is 6.42. The first kappa shape index (κ1) is 29.7. The molecule has 2 saturated heterocycles. The fraction of sp³-hybridized carbons (Fsp3) is 0.355. The molecule has 0 bridgehead atoms. The lowest BCUT2D eigenvalue weighted by molar-refractivity contribution is -0.130. The number of benzene rings is 1. The van der Waals surface area contributed by atoms with Crippen molar-refractivity contribution >= 4 is 34.0 Å². The summed E-state index contributed by atoms with van der Waals surface area (Å²) in [6.07, 6.45) is 5.31. The molecule has 9 nitrogen and oxygen atoms in total. The number of carbonyl (C=O) groups is 2. The largest absolute Gasteiger partial charge is 0.484 e. The van der Waals surface area contributed by atoms with Gasteiger partial charge in [0, 0.05) is 81.5 Å². The number of amides is 2. The zero-order valence-electron chi connectivity index (χ0n) is 24.0. The number of anilines is 2. The van der Waals surface area contributed by atoms with Crippen LogP contribution in [0.15, 0.2) is 54.2 Å². The Morgan fingerprint density at radius 1 is 1.07 bits per heavy atom. The molecule has 230 valence electrons. The van der Waals surface area contributed by atoms with Crippen molar-refractivity contribution in [1.29, 1.82) is 0 Å². The van der Waals surface area contributed by atoms with Crippen LogP contribution in [0.25, 0.3) is 0 Å². The van der Waals surface area contributed by atoms with E-state index >= 15 is 8.78 Å². The van der Waals surface area contributed by atoms with Crippen molar-refractivity contribution < 1.29 is 27.5 Å². The molecule has 5 heterocycles. The first-order valence-electron chi connectivity index (χ1n) is 14.5. The molecule has 3 aromatic heterocycles. The summed E-state index contributed by atoms with van der Waals surface area (Å²) < 4.78 is 51.3. The van der Waals surface area contributed by atoms with E-state index in [0.717, 1.165) is 12.8 Å².